The summed E-state index contributed by atoms with van der Waals surface area (Å²) in [6, 6.07) is 18.8. The summed E-state index contributed by atoms with van der Waals surface area (Å²) in [5, 5.41) is 10.9. The maximum Gasteiger partial charge on any atom is 0.343 e. The number of anilines is 1. The standard InChI is InChI=1S/C29H22N4O7S2/c1-17-25(27(35)32(30(17)2)20-7-5-4-6-8-20)31-26(34)24(42-29(31)41)16-18-9-14-22(23(15-18)39-3)40-28(36)19-10-12-21(13-11-19)33(37)38/h4-16H,1-3H3/b24-16-. The summed E-state index contributed by atoms with van der Waals surface area (Å²) in [5.41, 5.74) is 1.57. The molecule has 0 bridgehead atoms. The Morgan fingerprint density at radius 1 is 1.02 bits per heavy atom. The lowest BCUT2D eigenvalue weighted by atomic mass is 10.1. The molecule has 4 aromatic rings. The first-order valence-electron chi connectivity index (χ1n) is 12.4. The Bertz CT molecular complexity index is 1840. The number of thiocarbonyl (C=S) groups is 1. The van der Waals surface area contributed by atoms with Gasteiger partial charge >= 0.3 is 5.97 Å². The minimum Gasteiger partial charge on any atom is -0.493 e. The molecule has 0 spiro atoms. The van der Waals surface area contributed by atoms with Gasteiger partial charge in [-0.25, -0.2) is 9.48 Å². The van der Waals surface area contributed by atoms with Crippen molar-refractivity contribution in [3.63, 3.8) is 0 Å². The van der Waals surface area contributed by atoms with Crippen molar-refractivity contribution in [1.82, 2.24) is 9.36 Å². The van der Waals surface area contributed by atoms with Gasteiger partial charge in [0.25, 0.3) is 17.2 Å². The maximum absolute atomic E-state index is 13.5. The van der Waals surface area contributed by atoms with Crippen molar-refractivity contribution >= 4 is 57.6 Å². The Morgan fingerprint density at radius 3 is 2.36 bits per heavy atom. The number of carbonyl (C=O) groups excluding carboxylic acids is 2. The first kappa shape index (κ1) is 28.5. The average Bonchev–Trinajstić information content (AvgIpc) is 3.38. The van der Waals surface area contributed by atoms with Crippen LogP contribution in [0.3, 0.4) is 0 Å². The number of nitro groups is 1. The smallest absolute Gasteiger partial charge is 0.343 e. The molecule has 11 nitrogen and oxygen atoms in total. The molecule has 3 aromatic carbocycles. The highest BCUT2D eigenvalue weighted by molar-refractivity contribution is 8.27. The summed E-state index contributed by atoms with van der Waals surface area (Å²) in [7, 11) is 3.14. The number of hydrogen-bond acceptors (Lipinski definition) is 9. The molecule has 1 saturated heterocycles. The molecule has 212 valence electrons. The number of ether oxygens (including phenoxy) is 2. The summed E-state index contributed by atoms with van der Waals surface area (Å²) in [6.45, 7) is 1.75. The normalized spacial score (nSPS) is 14.0. The van der Waals surface area contributed by atoms with E-state index in [9.17, 15) is 24.5 Å². The zero-order valence-corrected chi connectivity index (χ0v) is 24.1. The number of amides is 1. The van der Waals surface area contributed by atoms with Crippen molar-refractivity contribution in [1.29, 1.82) is 0 Å². The Morgan fingerprint density at radius 2 is 1.71 bits per heavy atom. The van der Waals surface area contributed by atoms with E-state index in [0.717, 1.165) is 11.8 Å². The fourth-order valence-electron chi connectivity index (χ4n) is 4.36. The van der Waals surface area contributed by atoms with Gasteiger partial charge < -0.3 is 9.47 Å². The molecule has 1 fully saturated rings. The summed E-state index contributed by atoms with van der Waals surface area (Å²) in [6.07, 6.45) is 1.61. The lowest BCUT2D eigenvalue weighted by molar-refractivity contribution is -0.384. The largest absolute Gasteiger partial charge is 0.493 e. The quantitative estimate of drug-likeness (QED) is 0.0715. The highest BCUT2D eigenvalue weighted by Crippen LogP contribution is 2.37. The van der Waals surface area contributed by atoms with Crippen molar-refractivity contribution in [3.05, 3.63) is 115 Å². The number of aromatic nitrogens is 2. The van der Waals surface area contributed by atoms with Crippen molar-refractivity contribution in [2.45, 2.75) is 6.92 Å². The van der Waals surface area contributed by atoms with Crippen LogP contribution in [0.2, 0.25) is 0 Å². The van der Waals surface area contributed by atoms with Crippen LogP contribution < -0.4 is 19.9 Å². The van der Waals surface area contributed by atoms with Crippen LogP contribution in [0.4, 0.5) is 11.4 Å². The maximum atomic E-state index is 13.5. The molecule has 1 aliphatic rings. The molecule has 2 heterocycles. The molecule has 0 aliphatic carbocycles. The van der Waals surface area contributed by atoms with Crippen molar-refractivity contribution in [2.24, 2.45) is 7.05 Å². The minimum absolute atomic E-state index is 0.118. The van der Waals surface area contributed by atoms with Gasteiger partial charge in [-0.3, -0.25) is 29.3 Å². The number of thioether (sulfide) groups is 1. The topological polar surface area (TPSA) is 126 Å². The van der Waals surface area contributed by atoms with Gasteiger partial charge in [-0.1, -0.05) is 48.2 Å². The van der Waals surface area contributed by atoms with E-state index in [1.807, 2.05) is 18.2 Å². The van der Waals surface area contributed by atoms with Crippen LogP contribution in [0.5, 0.6) is 11.5 Å². The number of carbonyl (C=O) groups is 2. The molecule has 1 aliphatic heterocycles. The van der Waals surface area contributed by atoms with Gasteiger partial charge in [0.15, 0.2) is 15.8 Å². The second kappa shape index (κ2) is 11.5. The third-order valence-electron chi connectivity index (χ3n) is 6.54. The van der Waals surface area contributed by atoms with E-state index in [-0.39, 0.29) is 38.3 Å². The number of hydrogen-bond donors (Lipinski definition) is 0. The Hall–Kier alpha value is -5.01. The number of esters is 1. The molecule has 42 heavy (non-hydrogen) atoms. The van der Waals surface area contributed by atoms with E-state index in [1.165, 1.54) is 47.0 Å². The first-order valence-corrected chi connectivity index (χ1v) is 13.6. The molecule has 5 rings (SSSR count). The summed E-state index contributed by atoms with van der Waals surface area (Å²) in [4.78, 5) is 51.4. The molecular weight excluding hydrogens is 580 g/mol. The van der Waals surface area contributed by atoms with Gasteiger partial charge in [0.2, 0.25) is 0 Å². The van der Waals surface area contributed by atoms with Crippen molar-refractivity contribution in [3.8, 4) is 17.2 Å². The molecule has 0 radical (unpaired) electrons. The SMILES string of the molecule is COc1cc(/C=C2\SC(=S)N(c3c(C)n(C)n(-c4ccccc4)c3=O)C2=O)ccc1OC(=O)c1ccc([N+](=O)[O-])cc1. The van der Waals surface area contributed by atoms with Gasteiger partial charge in [-0.05, 0) is 55.0 Å². The number of non-ortho nitro benzene ring substituents is 1. The summed E-state index contributed by atoms with van der Waals surface area (Å²) >= 11 is 6.58. The fourth-order valence-corrected chi connectivity index (χ4v) is 5.63. The van der Waals surface area contributed by atoms with Gasteiger partial charge in [0, 0.05) is 19.2 Å². The van der Waals surface area contributed by atoms with Gasteiger partial charge in [-0.2, -0.15) is 0 Å². The average molecular weight is 603 g/mol. The number of para-hydroxylation sites is 1. The molecule has 0 N–H and O–H groups in total. The number of methoxy groups -OCH3 is 1. The second-order valence-corrected chi connectivity index (χ2v) is 10.7. The number of rotatable bonds is 7. The molecule has 13 heteroatoms. The number of nitrogens with zero attached hydrogens (tertiary/aromatic N) is 4. The molecule has 0 saturated carbocycles. The zero-order chi connectivity index (χ0) is 30.1. The Labute approximate surface area is 248 Å². The van der Waals surface area contributed by atoms with E-state index < -0.39 is 16.8 Å². The second-order valence-electron chi connectivity index (χ2n) is 9.03. The third kappa shape index (κ3) is 5.22. The van der Waals surface area contributed by atoms with Crippen LogP contribution in [0, 0.1) is 17.0 Å². The number of nitro benzene ring substituents is 1. The lowest BCUT2D eigenvalue weighted by Gasteiger charge is -2.12. The van der Waals surface area contributed by atoms with Crippen LogP contribution in [0.1, 0.15) is 21.6 Å². The minimum atomic E-state index is -0.726. The van der Waals surface area contributed by atoms with Crippen LogP contribution >= 0.6 is 24.0 Å². The monoisotopic (exact) mass is 602 g/mol. The Balaban J connectivity index is 1.40. The van der Waals surface area contributed by atoms with Crippen LogP contribution in [-0.2, 0) is 11.8 Å². The highest BCUT2D eigenvalue weighted by atomic mass is 32.2. The highest BCUT2D eigenvalue weighted by Gasteiger charge is 2.37. The van der Waals surface area contributed by atoms with Gasteiger partial charge in [-0.15, -0.1) is 0 Å². The molecule has 0 unspecified atom stereocenters. The van der Waals surface area contributed by atoms with Gasteiger partial charge in [0.05, 0.1) is 33.9 Å². The van der Waals surface area contributed by atoms with E-state index in [1.54, 1.807) is 49.0 Å². The van der Waals surface area contributed by atoms with Crippen LogP contribution in [0.25, 0.3) is 11.8 Å². The first-order chi connectivity index (χ1) is 20.1. The van der Waals surface area contributed by atoms with Crippen LogP contribution in [0.15, 0.2) is 82.5 Å². The van der Waals surface area contributed by atoms with Crippen molar-refractivity contribution < 1.29 is 24.0 Å². The number of benzene rings is 3. The fraction of sp³-hybridized carbons (Fsp3) is 0.103. The third-order valence-corrected chi connectivity index (χ3v) is 7.85. The molecular formula is C29H22N4O7S2. The van der Waals surface area contributed by atoms with Gasteiger partial charge in [0.1, 0.15) is 5.69 Å². The predicted octanol–water partition coefficient (Wildman–Crippen LogP) is 5.03. The summed E-state index contributed by atoms with van der Waals surface area (Å²) < 4.78 is 14.2. The predicted molar refractivity (Wildman–Crippen MR) is 162 cm³/mol. The summed E-state index contributed by atoms with van der Waals surface area (Å²) in [5.74, 6) is -0.828. The van der Waals surface area contributed by atoms with E-state index in [2.05, 4.69) is 0 Å². The molecule has 1 amide bonds. The lowest BCUT2D eigenvalue weighted by Crippen LogP contribution is -2.33. The van der Waals surface area contributed by atoms with E-state index in [0.29, 0.717) is 21.8 Å². The zero-order valence-electron chi connectivity index (χ0n) is 22.5. The van der Waals surface area contributed by atoms with Crippen LogP contribution in [-0.4, -0.2) is 37.6 Å². The van der Waals surface area contributed by atoms with E-state index >= 15 is 0 Å². The van der Waals surface area contributed by atoms with Crippen molar-refractivity contribution in [2.75, 3.05) is 12.0 Å². The molecule has 0 atom stereocenters. The van der Waals surface area contributed by atoms with E-state index in [4.69, 9.17) is 21.7 Å². The molecule has 1 aromatic heterocycles. The Kier molecular flexibility index (Phi) is 7.79.